The molecule has 1 aliphatic heterocycles. The maximum atomic E-state index is 6.39. The zero-order chi connectivity index (χ0) is 18.9. The Kier molecular flexibility index (Phi) is 4.29. The van der Waals surface area contributed by atoms with Gasteiger partial charge >= 0.3 is 0 Å². The molecule has 0 radical (unpaired) electrons. The quantitative estimate of drug-likeness (QED) is 0.567. The van der Waals surface area contributed by atoms with E-state index in [4.69, 9.17) is 4.74 Å². The summed E-state index contributed by atoms with van der Waals surface area (Å²) in [5.74, 6) is 1.58. The minimum Gasteiger partial charge on any atom is -0.489 e. The summed E-state index contributed by atoms with van der Waals surface area (Å²) in [5, 5.41) is 12.4. The van der Waals surface area contributed by atoms with Crippen molar-refractivity contribution in [2.75, 3.05) is 25.5 Å². The van der Waals surface area contributed by atoms with Crippen molar-refractivity contribution in [1.82, 2.24) is 25.1 Å². The van der Waals surface area contributed by atoms with Gasteiger partial charge in [-0.2, -0.15) is 5.10 Å². The predicted molar refractivity (Wildman–Crippen MR) is 110 cm³/mol. The third kappa shape index (κ3) is 3.25. The first-order valence-electron chi connectivity index (χ1n) is 9.55. The Morgan fingerprint density at radius 1 is 1.14 bits per heavy atom. The van der Waals surface area contributed by atoms with Crippen molar-refractivity contribution in [3.8, 4) is 5.75 Å². The molecule has 28 heavy (non-hydrogen) atoms. The zero-order valence-corrected chi connectivity index (χ0v) is 15.7. The molecule has 5 rings (SSSR count). The first-order valence-corrected chi connectivity index (χ1v) is 9.55. The van der Waals surface area contributed by atoms with Crippen molar-refractivity contribution in [3.63, 3.8) is 0 Å². The average molecular weight is 374 g/mol. The van der Waals surface area contributed by atoms with Gasteiger partial charge < -0.3 is 15.0 Å². The number of nitrogens with one attached hydrogen (secondary N) is 2. The fourth-order valence-electron chi connectivity index (χ4n) is 3.71. The molecule has 2 N–H and O–H groups in total. The Morgan fingerprint density at radius 3 is 2.93 bits per heavy atom. The number of hydrogen-bond donors (Lipinski definition) is 2. The molecule has 1 aliphatic rings. The van der Waals surface area contributed by atoms with Crippen molar-refractivity contribution in [2.45, 2.75) is 18.9 Å². The van der Waals surface area contributed by atoms with Gasteiger partial charge in [-0.25, -0.2) is 9.97 Å². The molecule has 0 saturated carbocycles. The minimum absolute atomic E-state index is 0.220. The highest BCUT2D eigenvalue weighted by atomic mass is 16.5. The van der Waals surface area contributed by atoms with E-state index in [1.165, 1.54) is 0 Å². The molecule has 2 aromatic heterocycles. The molecule has 142 valence electrons. The van der Waals surface area contributed by atoms with Gasteiger partial charge in [-0.15, -0.1) is 0 Å². The van der Waals surface area contributed by atoms with Crippen LogP contribution >= 0.6 is 0 Å². The van der Waals surface area contributed by atoms with Gasteiger partial charge in [0.2, 0.25) is 0 Å². The maximum absolute atomic E-state index is 6.39. The number of hydrogen-bond acceptors (Lipinski definition) is 6. The van der Waals surface area contributed by atoms with Gasteiger partial charge in [0.25, 0.3) is 0 Å². The molecule has 7 nitrogen and oxygen atoms in total. The Morgan fingerprint density at radius 2 is 2.04 bits per heavy atom. The number of ether oxygens (including phenoxy) is 1. The number of nitrogens with zero attached hydrogens (tertiary/aromatic N) is 4. The smallest absolute Gasteiger partial charge is 0.145 e. The van der Waals surface area contributed by atoms with Crippen LogP contribution in [0.3, 0.4) is 0 Å². The first-order chi connectivity index (χ1) is 13.8. The van der Waals surface area contributed by atoms with Crippen molar-refractivity contribution in [1.29, 1.82) is 0 Å². The van der Waals surface area contributed by atoms with Gasteiger partial charge in [-0.05, 0) is 50.2 Å². The van der Waals surface area contributed by atoms with E-state index in [9.17, 15) is 0 Å². The number of fused-ring (bicyclic) bond motifs is 2. The number of benzene rings is 2. The maximum Gasteiger partial charge on any atom is 0.145 e. The second-order valence-electron chi connectivity index (χ2n) is 7.29. The summed E-state index contributed by atoms with van der Waals surface area (Å²) in [6.07, 6.45) is 5.67. The van der Waals surface area contributed by atoms with Gasteiger partial charge in [0.1, 0.15) is 24.0 Å². The van der Waals surface area contributed by atoms with E-state index >= 15 is 0 Å². The lowest BCUT2D eigenvalue weighted by molar-refractivity contribution is 0.116. The highest BCUT2D eigenvalue weighted by Crippen LogP contribution is 2.33. The highest BCUT2D eigenvalue weighted by molar-refractivity contribution is 5.96. The van der Waals surface area contributed by atoms with Crippen LogP contribution in [0.15, 0.2) is 48.9 Å². The van der Waals surface area contributed by atoms with Crippen LogP contribution in [0, 0.1) is 0 Å². The lowest BCUT2D eigenvalue weighted by Gasteiger charge is -2.29. The van der Waals surface area contributed by atoms with Crippen molar-refractivity contribution < 1.29 is 4.74 Å². The van der Waals surface area contributed by atoms with E-state index < -0.39 is 0 Å². The largest absolute Gasteiger partial charge is 0.489 e. The number of anilines is 2. The normalized spacial score (nSPS) is 15.9. The van der Waals surface area contributed by atoms with Crippen molar-refractivity contribution in [3.05, 3.63) is 48.9 Å². The summed E-state index contributed by atoms with van der Waals surface area (Å²) in [5.41, 5.74) is 2.82. The lowest BCUT2D eigenvalue weighted by Crippen LogP contribution is -2.35. The molecule has 3 heterocycles. The van der Waals surface area contributed by atoms with Crippen LogP contribution in [0.1, 0.15) is 12.8 Å². The molecule has 1 saturated heterocycles. The molecule has 0 aliphatic carbocycles. The lowest BCUT2D eigenvalue weighted by atomic mass is 10.1. The van der Waals surface area contributed by atoms with E-state index in [1.807, 2.05) is 42.6 Å². The van der Waals surface area contributed by atoms with Gasteiger partial charge in [-0.1, -0.05) is 6.07 Å². The topological polar surface area (TPSA) is 79.0 Å². The van der Waals surface area contributed by atoms with E-state index in [2.05, 4.69) is 37.4 Å². The molecule has 0 atom stereocenters. The van der Waals surface area contributed by atoms with Gasteiger partial charge in [0, 0.05) is 24.2 Å². The number of aromatic amines is 1. The fourth-order valence-corrected chi connectivity index (χ4v) is 3.71. The van der Waals surface area contributed by atoms with Crippen LogP contribution in [-0.2, 0) is 0 Å². The molecule has 7 heteroatoms. The second-order valence-corrected chi connectivity index (χ2v) is 7.29. The molecule has 0 spiro atoms. The molecule has 0 amide bonds. The summed E-state index contributed by atoms with van der Waals surface area (Å²) < 4.78 is 6.39. The Bertz CT molecular complexity index is 1110. The van der Waals surface area contributed by atoms with Gasteiger partial charge in [0.05, 0.1) is 22.6 Å². The third-order valence-electron chi connectivity index (χ3n) is 5.29. The highest BCUT2D eigenvalue weighted by Gasteiger charge is 2.20. The summed E-state index contributed by atoms with van der Waals surface area (Å²) >= 11 is 0. The van der Waals surface area contributed by atoms with Gasteiger partial charge in [0.15, 0.2) is 0 Å². The summed E-state index contributed by atoms with van der Waals surface area (Å²) in [6.45, 7) is 2.11. The summed E-state index contributed by atoms with van der Waals surface area (Å²) in [6, 6.07) is 12.0. The fraction of sp³-hybridized carbons (Fsp3) is 0.286. The van der Waals surface area contributed by atoms with Crippen LogP contribution < -0.4 is 10.1 Å². The van der Waals surface area contributed by atoms with E-state index in [0.717, 1.165) is 65.0 Å². The summed E-state index contributed by atoms with van der Waals surface area (Å²) in [7, 11) is 2.15. The standard InChI is InChI=1S/C21H22N6O/c1-27-9-7-16(8-10-27)28-19-4-2-3-18-20(19)21(23-13-22-18)25-15-5-6-17-14(11-15)12-24-26-17/h2-6,11-13,16H,7-10H2,1H3,(H,24,26)(H,22,23,25). The first kappa shape index (κ1) is 16.9. The minimum atomic E-state index is 0.220. The molecule has 0 unspecified atom stereocenters. The van der Waals surface area contributed by atoms with E-state index in [0.29, 0.717) is 0 Å². The molecular formula is C21H22N6O. The zero-order valence-electron chi connectivity index (χ0n) is 15.7. The van der Waals surface area contributed by atoms with Crippen LogP contribution in [0.25, 0.3) is 21.8 Å². The number of H-pyrrole nitrogens is 1. The van der Waals surface area contributed by atoms with Crippen LogP contribution in [0.4, 0.5) is 11.5 Å². The number of rotatable bonds is 4. The number of aromatic nitrogens is 4. The summed E-state index contributed by atoms with van der Waals surface area (Å²) in [4.78, 5) is 11.3. The molecule has 4 aromatic rings. The van der Waals surface area contributed by atoms with E-state index in [-0.39, 0.29) is 6.10 Å². The molecule has 1 fully saturated rings. The average Bonchev–Trinajstić information content (AvgIpc) is 3.18. The Balaban J connectivity index is 1.49. The second kappa shape index (κ2) is 7.09. The molecule has 2 aromatic carbocycles. The van der Waals surface area contributed by atoms with Crippen LogP contribution in [0.5, 0.6) is 5.75 Å². The van der Waals surface area contributed by atoms with Crippen LogP contribution in [0.2, 0.25) is 0 Å². The number of likely N-dealkylation sites (tertiary alicyclic amines) is 1. The third-order valence-corrected chi connectivity index (χ3v) is 5.29. The number of piperidine rings is 1. The predicted octanol–water partition coefficient (Wildman–Crippen LogP) is 3.72. The van der Waals surface area contributed by atoms with Crippen molar-refractivity contribution in [2.24, 2.45) is 0 Å². The SMILES string of the molecule is CN1CCC(Oc2cccc3ncnc(Nc4ccc5[nH]ncc5c4)c23)CC1. The van der Waals surface area contributed by atoms with Gasteiger partial charge in [-0.3, -0.25) is 5.10 Å². The molecular weight excluding hydrogens is 352 g/mol. The Hall–Kier alpha value is -3.19. The van der Waals surface area contributed by atoms with Crippen molar-refractivity contribution >= 4 is 33.3 Å². The Labute approximate surface area is 162 Å². The molecule has 0 bridgehead atoms. The van der Waals surface area contributed by atoms with E-state index in [1.54, 1.807) is 6.33 Å². The van der Waals surface area contributed by atoms with Crippen LogP contribution in [-0.4, -0.2) is 51.3 Å². The monoisotopic (exact) mass is 374 g/mol.